The molecule has 0 saturated heterocycles. The molecule has 2 rings (SSSR count). The Bertz CT molecular complexity index is 312. The third-order valence-corrected chi connectivity index (χ3v) is 3.29. The zero-order chi connectivity index (χ0) is 10.8. The van der Waals surface area contributed by atoms with Gasteiger partial charge in [0.05, 0.1) is 12.0 Å². The molecule has 1 aromatic heterocycles. The van der Waals surface area contributed by atoms with Crippen LogP contribution in [0.4, 0.5) is 0 Å². The van der Waals surface area contributed by atoms with Crippen LogP contribution in [0.15, 0.2) is 12.5 Å². The van der Waals surface area contributed by atoms with E-state index in [0.717, 1.165) is 12.6 Å². The van der Waals surface area contributed by atoms with Gasteiger partial charge in [0.25, 0.3) is 0 Å². The topological polar surface area (TPSA) is 29.9 Å². The Balaban J connectivity index is 1.90. The van der Waals surface area contributed by atoms with Crippen LogP contribution in [0.25, 0.3) is 0 Å². The lowest BCUT2D eigenvalue weighted by Crippen LogP contribution is -2.30. The quantitative estimate of drug-likeness (QED) is 0.803. The van der Waals surface area contributed by atoms with Crippen molar-refractivity contribution in [2.75, 3.05) is 0 Å². The first-order valence-corrected chi connectivity index (χ1v) is 5.92. The Labute approximate surface area is 91.9 Å². The van der Waals surface area contributed by atoms with Gasteiger partial charge in [0, 0.05) is 24.8 Å². The van der Waals surface area contributed by atoms with Crippen molar-refractivity contribution >= 4 is 0 Å². The molecule has 1 saturated carbocycles. The Kier molecular flexibility index (Phi) is 3.10. The summed E-state index contributed by atoms with van der Waals surface area (Å²) in [5, 5.41) is 3.55. The molecule has 84 valence electrons. The van der Waals surface area contributed by atoms with E-state index in [1.807, 2.05) is 12.5 Å². The second-order valence-electron chi connectivity index (χ2n) is 4.94. The van der Waals surface area contributed by atoms with E-state index in [9.17, 15) is 0 Å². The molecule has 1 N–H and O–H groups in total. The van der Waals surface area contributed by atoms with Crippen molar-refractivity contribution in [1.29, 1.82) is 0 Å². The first-order chi connectivity index (χ1) is 7.18. The van der Waals surface area contributed by atoms with E-state index in [1.54, 1.807) is 0 Å². The number of aromatic nitrogens is 2. The van der Waals surface area contributed by atoms with Gasteiger partial charge in [0.1, 0.15) is 0 Å². The summed E-state index contributed by atoms with van der Waals surface area (Å²) in [6.07, 6.45) is 6.60. The summed E-state index contributed by atoms with van der Waals surface area (Å²) < 4.78 is 2.32. The van der Waals surface area contributed by atoms with Crippen LogP contribution in [0, 0.1) is 5.92 Å². The van der Waals surface area contributed by atoms with Crippen LogP contribution in [-0.2, 0) is 6.54 Å². The van der Waals surface area contributed by atoms with E-state index in [2.05, 4.69) is 35.6 Å². The highest BCUT2D eigenvalue weighted by molar-refractivity contribution is 5.03. The van der Waals surface area contributed by atoms with Gasteiger partial charge in [0.15, 0.2) is 0 Å². The van der Waals surface area contributed by atoms with Gasteiger partial charge in [-0.25, -0.2) is 4.98 Å². The minimum absolute atomic E-state index is 0.563. The molecule has 3 nitrogen and oxygen atoms in total. The molecule has 1 unspecified atom stereocenters. The van der Waals surface area contributed by atoms with Crippen molar-refractivity contribution in [3.05, 3.63) is 18.2 Å². The second kappa shape index (κ2) is 4.35. The molecule has 1 heterocycles. The summed E-state index contributed by atoms with van der Waals surface area (Å²) in [6, 6.07) is 1.30. The van der Waals surface area contributed by atoms with Gasteiger partial charge in [-0.1, -0.05) is 13.8 Å². The minimum Gasteiger partial charge on any atom is -0.330 e. The molecule has 1 atom stereocenters. The van der Waals surface area contributed by atoms with Crippen LogP contribution >= 0.6 is 0 Å². The summed E-state index contributed by atoms with van der Waals surface area (Å²) in [6.45, 7) is 7.67. The summed E-state index contributed by atoms with van der Waals surface area (Å²) in [5.41, 5.74) is 1.32. The fourth-order valence-corrected chi connectivity index (χ4v) is 1.65. The average Bonchev–Trinajstić information content (AvgIpc) is 2.94. The number of nitrogens with one attached hydrogen (secondary N) is 1. The normalized spacial score (nSPS) is 18.4. The van der Waals surface area contributed by atoms with Crippen molar-refractivity contribution in [1.82, 2.24) is 14.9 Å². The van der Waals surface area contributed by atoms with Crippen molar-refractivity contribution < 1.29 is 0 Å². The first-order valence-electron chi connectivity index (χ1n) is 5.92. The Morgan fingerprint density at radius 2 is 2.20 bits per heavy atom. The third kappa shape index (κ3) is 2.59. The third-order valence-electron chi connectivity index (χ3n) is 3.29. The minimum atomic E-state index is 0.563. The molecule has 15 heavy (non-hydrogen) atoms. The highest BCUT2D eigenvalue weighted by Gasteiger charge is 2.25. The lowest BCUT2D eigenvalue weighted by atomic mass is 10.1. The summed E-state index contributed by atoms with van der Waals surface area (Å²) in [4.78, 5) is 4.23. The van der Waals surface area contributed by atoms with Gasteiger partial charge in [-0.2, -0.15) is 0 Å². The van der Waals surface area contributed by atoms with E-state index in [0.29, 0.717) is 12.0 Å². The van der Waals surface area contributed by atoms with Crippen LogP contribution in [0.2, 0.25) is 0 Å². The van der Waals surface area contributed by atoms with Gasteiger partial charge >= 0.3 is 0 Å². The summed E-state index contributed by atoms with van der Waals surface area (Å²) in [7, 11) is 0. The van der Waals surface area contributed by atoms with Crippen LogP contribution in [0.3, 0.4) is 0 Å². The molecular weight excluding hydrogens is 186 g/mol. The maximum atomic E-state index is 4.23. The lowest BCUT2D eigenvalue weighted by molar-refractivity contribution is 0.419. The zero-order valence-corrected chi connectivity index (χ0v) is 9.90. The van der Waals surface area contributed by atoms with Crippen LogP contribution in [-0.4, -0.2) is 15.6 Å². The molecule has 0 spiro atoms. The number of imidazole rings is 1. The van der Waals surface area contributed by atoms with Gasteiger partial charge in [-0.3, -0.25) is 0 Å². The number of hydrogen-bond donors (Lipinski definition) is 1. The van der Waals surface area contributed by atoms with Gasteiger partial charge in [-0.15, -0.1) is 0 Å². The Morgan fingerprint density at radius 1 is 1.47 bits per heavy atom. The predicted octanol–water partition coefficient (Wildman–Crippen LogP) is 2.35. The van der Waals surface area contributed by atoms with Crippen molar-refractivity contribution in [3.8, 4) is 0 Å². The highest BCUT2D eigenvalue weighted by atomic mass is 15.1. The summed E-state index contributed by atoms with van der Waals surface area (Å²) >= 11 is 0. The van der Waals surface area contributed by atoms with E-state index in [4.69, 9.17) is 0 Å². The van der Waals surface area contributed by atoms with Crippen molar-refractivity contribution in [3.63, 3.8) is 0 Å². The van der Waals surface area contributed by atoms with E-state index in [1.165, 1.54) is 18.5 Å². The van der Waals surface area contributed by atoms with E-state index >= 15 is 0 Å². The van der Waals surface area contributed by atoms with Crippen LogP contribution < -0.4 is 5.32 Å². The monoisotopic (exact) mass is 207 g/mol. The maximum Gasteiger partial charge on any atom is 0.0951 e. The fraction of sp³-hybridized carbons (Fsp3) is 0.750. The molecule has 1 aliphatic carbocycles. The molecule has 1 aliphatic rings. The van der Waals surface area contributed by atoms with Crippen molar-refractivity contribution in [2.45, 2.75) is 52.2 Å². The molecule has 0 amide bonds. The molecule has 0 aliphatic heterocycles. The molecule has 1 fully saturated rings. The average molecular weight is 207 g/mol. The first kappa shape index (κ1) is 10.7. The molecule has 0 bridgehead atoms. The SMILES string of the molecule is CC(C)C(C)NCc1cncn1C1CC1. The highest BCUT2D eigenvalue weighted by Crippen LogP contribution is 2.35. The fourth-order valence-electron chi connectivity index (χ4n) is 1.65. The zero-order valence-electron chi connectivity index (χ0n) is 9.90. The smallest absolute Gasteiger partial charge is 0.0951 e. The van der Waals surface area contributed by atoms with Gasteiger partial charge < -0.3 is 9.88 Å². The number of nitrogens with zero attached hydrogens (tertiary/aromatic N) is 2. The van der Waals surface area contributed by atoms with Gasteiger partial charge in [-0.05, 0) is 25.7 Å². The largest absolute Gasteiger partial charge is 0.330 e. The van der Waals surface area contributed by atoms with Crippen molar-refractivity contribution in [2.24, 2.45) is 5.92 Å². The summed E-state index contributed by atoms with van der Waals surface area (Å²) in [5.74, 6) is 0.683. The lowest BCUT2D eigenvalue weighted by Gasteiger charge is -2.17. The van der Waals surface area contributed by atoms with Crippen LogP contribution in [0.5, 0.6) is 0 Å². The standard InChI is InChI=1S/C12H21N3/c1-9(2)10(3)14-7-12-6-13-8-15(12)11-4-5-11/h6,8-11,14H,4-5,7H2,1-3H3. The van der Waals surface area contributed by atoms with E-state index < -0.39 is 0 Å². The molecule has 1 aromatic rings. The molecule has 0 aromatic carbocycles. The molecular formula is C12H21N3. The predicted molar refractivity (Wildman–Crippen MR) is 61.6 cm³/mol. The number of rotatable bonds is 5. The number of hydrogen-bond acceptors (Lipinski definition) is 2. The van der Waals surface area contributed by atoms with E-state index in [-0.39, 0.29) is 0 Å². The van der Waals surface area contributed by atoms with Crippen LogP contribution in [0.1, 0.15) is 45.3 Å². The molecule has 3 heteroatoms. The Morgan fingerprint density at radius 3 is 2.80 bits per heavy atom. The Hall–Kier alpha value is -0.830. The molecule has 0 radical (unpaired) electrons. The second-order valence-corrected chi connectivity index (χ2v) is 4.94. The van der Waals surface area contributed by atoms with Gasteiger partial charge in [0.2, 0.25) is 0 Å². The maximum absolute atomic E-state index is 4.23.